The highest BCUT2D eigenvalue weighted by molar-refractivity contribution is 5.98. The van der Waals surface area contributed by atoms with Gasteiger partial charge in [-0.1, -0.05) is 24.3 Å². The van der Waals surface area contributed by atoms with Crippen molar-refractivity contribution in [2.75, 3.05) is 0 Å². The van der Waals surface area contributed by atoms with Crippen molar-refractivity contribution in [1.82, 2.24) is 9.97 Å². The van der Waals surface area contributed by atoms with E-state index < -0.39 is 0 Å². The van der Waals surface area contributed by atoms with Crippen LogP contribution in [0.15, 0.2) is 54.9 Å². The summed E-state index contributed by atoms with van der Waals surface area (Å²) in [5.74, 6) is 0. The summed E-state index contributed by atoms with van der Waals surface area (Å²) in [6.45, 7) is 2.01. The molecule has 4 aromatic rings. The highest BCUT2D eigenvalue weighted by Gasteiger charge is 2.11. The zero-order valence-corrected chi connectivity index (χ0v) is 11.9. The van der Waals surface area contributed by atoms with Crippen LogP contribution in [0.25, 0.3) is 32.9 Å². The van der Waals surface area contributed by atoms with Crippen molar-refractivity contribution in [3.63, 3.8) is 0 Å². The molecule has 3 heteroatoms. The lowest BCUT2D eigenvalue weighted by Gasteiger charge is -2.05. The summed E-state index contributed by atoms with van der Waals surface area (Å²) in [5, 5.41) is 2.45. The van der Waals surface area contributed by atoms with Crippen molar-refractivity contribution in [1.29, 1.82) is 0 Å². The lowest BCUT2D eigenvalue weighted by Crippen LogP contribution is -2.03. The highest BCUT2D eigenvalue weighted by Crippen LogP contribution is 2.32. The predicted octanol–water partition coefficient (Wildman–Crippen LogP) is 4.34. The lowest BCUT2D eigenvalue weighted by molar-refractivity contribution is 0.826. The zero-order valence-electron chi connectivity index (χ0n) is 11.9. The van der Waals surface area contributed by atoms with Gasteiger partial charge in [0.05, 0.1) is 0 Å². The maximum absolute atomic E-state index is 6.06. The van der Waals surface area contributed by atoms with E-state index in [2.05, 4.69) is 52.6 Å². The Morgan fingerprint density at radius 3 is 2.52 bits per heavy atom. The molecule has 0 bridgehead atoms. The quantitative estimate of drug-likeness (QED) is 0.501. The number of nitrogens with one attached hydrogen (secondary N) is 2. The van der Waals surface area contributed by atoms with E-state index in [1.165, 1.54) is 21.9 Å². The monoisotopic (exact) mass is 275 g/mol. The van der Waals surface area contributed by atoms with Crippen LogP contribution >= 0.6 is 0 Å². The number of H-pyrrole nitrogens is 2. The van der Waals surface area contributed by atoms with E-state index in [9.17, 15) is 0 Å². The number of fused-ring (bicyclic) bond motifs is 2. The number of hydrogen-bond donors (Lipinski definition) is 3. The Morgan fingerprint density at radius 1 is 0.905 bits per heavy atom. The molecule has 4 N–H and O–H groups in total. The van der Waals surface area contributed by atoms with Crippen LogP contribution in [0.3, 0.4) is 0 Å². The number of hydrogen-bond acceptors (Lipinski definition) is 1. The van der Waals surface area contributed by atoms with Gasteiger partial charge in [-0.2, -0.15) is 0 Å². The fraction of sp³-hybridized carbons (Fsp3) is 0.111. The van der Waals surface area contributed by atoms with Crippen molar-refractivity contribution in [3.8, 4) is 11.1 Å². The van der Waals surface area contributed by atoms with Gasteiger partial charge in [0, 0.05) is 45.8 Å². The first-order valence-electron chi connectivity index (χ1n) is 7.17. The molecule has 3 nitrogen and oxygen atoms in total. The second-order valence-electron chi connectivity index (χ2n) is 5.54. The van der Waals surface area contributed by atoms with Gasteiger partial charge in [-0.25, -0.2) is 0 Å². The van der Waals surface area contributed by atoms with E-state index in [1.54, 1.807) is 0 Å². The van der Waals surface area contributed by atoms with Crippen LogP contribution < -0.4 is 5.73 Å². The third-order valence-electron chi connectivity index (χ3n) is 4.10. The topological polar surface area (TPSA) is 57.6 Å². The van der Waals surface area contributed by atoms with Gasteiger partial charge in [-0.3, -0.25) is 0 Å². The lowest BCUT2D eigenvalue weighted by atomic mass is 10.0. The Labute approximate surface area is 122 Å². The molecule has 0 saturated heterocycles. The molecule has 2 aromatic heterocycles. The summed E-state index contributed by atoms with van der Waals surface area (Å²) in [5.41, 5.74) is 11.9. The molecule has 2 aromatic carbocycles. The van der Waals surface area contributed by atoms with Crippen LogP contribution in [-0.4, -0.2) is 9.97 Å². The molecule has 1 atom stereocenters. The molecule has 0 spiro atoms. The average Bonchev–Trinajstić information content (AvgIpc) is 3.10. The first-order chi connectivity index (χ1) is 10.2. The van der Waals surface area contributed by atoms with E-state index in [-0.39, 0.29) is 6.04 Å². The number of benzene rings is 2. The van der Waals surface area contributed by atoms with Crippen LogP contribution in [-0.2, 0) is 0 Å². The van der Waals surface area contributed by atoms with Gasteiger partial charge >= 0.3 is 0 Å². The van der Waals surface area contributed by atoms with E-state index in [4.69, 9.17) is 5.73 Å². The molecular weight excluding hydrogens is 258 g/mol. The van der Waals surface area contributed by atoms with Crippen molar-refractivity contribution >= 4 is 21.8 Å². The van der Waals surface area contributed by atoms with Gasteiger partial charge < -0.3 is 15.7 Å². The third kappa shape index (κ3) is 1.86. The highest BCUT2D eigenvalue weighted by atomic mass is 14.7. The molecule has 0 aliphatic rings. The van der Waals surface area contributed by atoms with Crippen molar-refractivity contribution in [2.45, 2.75) is 13.0 Å². The molecule has 21 heavy (non-hydrogen) atoms. The van der Waals surface area contributed by atoms with E-state index >= 15 is 0 Å². The average molecular weight is 275 g/mol. The molecule has 0 aliphatic carbocycles. The first-order valence-corrected chi connectivity index (χ1v) is 7.17. The van der Waals surface area contributed by atoms with Crippen LogP contribution in [0.5, 0.6) is 0 Å². The summed E-state index contributed by atoms with van der Waals surface area (Å²) in [7, 11) is 0. The van der Waals surface area contributed by atoms with Crippen molar-refractivity contribution in [2.24, 2.45) is 5.73 Å². The Bertz CT molecular complexity index is 928. The third-order valence-corrected chi connectivity index (χ3v) is 4.10. The Morgan fingerprint density at radius 2 is 1.67 bits per heavy atom. The van der Waals surface area contributed by atoms with Gasteiger partial charge in [-0.05, 0) is 36.2 Å². The first kappa shape index (κ1) is 12.2. The molecule has 2 heterocycles. The maximum Gasteiger partial charge on any atom is 0.0460 e. The minimum Gasteiger partial charge on any atom is -0.361 e. The Hall–Kier alpha value is -2.52. The summed E-state index contributed by atoms with van der Waals surface area (Å²) in [6, 6.07) is 14.9. The van der Waals surface area contributed by atoms with Gasteiger partial charge in [0.15, 0.2) is 0 Å². The van der Waals surface area contributed by atoms with Gasteiger partial charge in [0.25, 0.3) is 0 Å². The van der Waals surface area contributed by atoms with Crippen LogP contribution in [0.2, 0.25) is 0 Å². The molecule has 104 valence electrons. The SMILES string of the molecule is CC(N)c1c[nH]c2ccc(-c3c[nH]c4ccccc34)cc12. The summed E-state index contributed by atoms with van der Waals surface area (Å²) in [4.78, 5) is 6.62. The number of nitrogens with two attached hydrogens (primary N) is 1. The van der Waals surface area contributed by atoms with Crippen molar-refractivity contribution in [3.05, 3.63) is 60.4 Å². The molecule has 1 unspecified atom stereocenters. The fourth-order valence-corrected chi connectivity index (χ4v) is 3.00. The second-order valence-corrected chi connectivity index (χ2v) is 5.54. The molecular formula is C18H17N3. The van der Waals surface area contributed by atoms with Crippen LogP contribution in [0.1, 0.15) is 18.5 Å². The predicted molar refractivity (Wildman–Crippen MR) is 88.2 cm³/mol. The molecule has 0 saturated carbocycles. The number of rotatable bonds is 2. The summed E-state index contributed by atoms with van der Waals surface area (Å²) >= 11 is 0. The van der Waals surface area contributed by atoms with Crippen LogP contribution in [0, 0.1) is 0 Å². The molecule has 0 amide bonds. The minimum atomic E-state index is 0.0250. The molecule has 4 rings (SSSR count). The second kappa shape index (κ2) is 4.50. The van der Waals surface area contributed by atoms with E-state index in [0.717, 1.165) is 16.6 Å². The Balaban J connectivity index is 1.96. The maximum atomic E-state index is 6.06. The zero-order chi connectivity index (χ0) is 14.4. The molecule has 0 radical (unpaired) electrons. The van der Waals surface area contributed by atoms with Gasteiger partial charge in [0.1, 0.15) is 0 Å². The van der Waals surface area contributed by atoms with E-state index in [1.807, 2.05) is 19.2 Å². The largest absolute Gasteiger partial charge is 0.361 e. The van der Waals surface area contributed by atoms with Crippen LogP contribution in [0.4, 0.5) is 0 Å². The summed E-state index contributed by atoms with van der Waals surface area (Å²) in [6.07, 6.45) is 4.08. The number of aromatic amines is 2. The van der Waals surface area contributed by atoms with E-state index in [0.29, 0.717) is 0 Å². The van der Waals surface area contributed by atoms with Gasteiger partial charge in [0.2, 0.25) is 0 Å². The standard InChI is InChI=1S/C18H17N3/c1-11(19)15-9-20-18-7-6-12(8-14(15)18)16-10-21-17-5-3-2-4-13(16)17/h2-11,20-21H,19H2,1H3. The van der Waals surface area contributed by atoms with Crippen molar-refractivity contribution < 1.29 is 0 Å². The number of aromatic nitrogens is 2. The molecule has 0 fully saturated rings. The number of para-hydroxylation sites is 1. The van der Waals surface area contributed by atoms with Gasteiger partial charge in [-0.15, -0.1) is 0 Å². The minimum absolute atomic E-state index is 0.0250. The normalized spacial score (nSPS) is 13.0. The fourth-order valence-electron chi connectivity index (χ4n) is 3.00. The summed E-state index contributed by atoms with van der Waals surface area (Å²) < 4.78 is 0. The Kier molecular flexibility index (Phi) is 2.62. The smallest absolute Gasteiger partial charge is 0.0460 e. The molecule has 0 aliphatic heterocycles.